The first kappa shape index (κ1) is 17.7. The maximum atomic E-state index is 12.6. The maximum Gasteiger partial charge on any atom is 0.253 e. The summed E-state index contributed by atoms with van der Waals surface area (Å²) < 4.78 is 5.68. The lowest BCUT2D eigenvalue weighted by atomic mass is 10.1. The highest BCUT2D eigenvalue weighted by Gasteiger charge is 2.25. The summed E-state index contributed by atoms with van der Waals surface area (Å²) in [5.74, 6) is -0.0532. The van der Waals surface area contributed by atoms with Gasteiger partial charge in [0, 0.05) is 30.1 Å². The molecule has 1 atom stereocenters. The van der Waals surface area contributed by atoms with Crippen molar-refractivity contribution in [3.63, 3.8) is 0 Å². The molecule has 1 aromatic heterocycles. The molecule has 0 radical (unpaired) electrons. The van der Waals surface area contributed by atoms with Gasteiger partial charge in [0.05, 0.1) is 12.6 Å². The van der Waals surface area contributed by atoms with Crippen LogP contribution in [0.25, 0.3) is 10.9 Å². The first-order chi connectivity index (χ1) is 11.9. The molecule has 5 nitrogen and oxygen atoms in total. The molecule has 25 heavy (non-hydrogen) atoms. The Labute approximate surface area is 148 Å². The van der Waals surface area contributed by atoms with Gasteiger partial charge in [-0.2, -0.15) is 0 Å². The molecule has 1 aliphatic heterocycles. The molecular weight excluding hydrogens is 316 g/mol. The van der Waals surface area contributed by atoms with Gasteiger partial charge in [-0.3, -0.25) is 9.59 Å². The zero-order chi connectivity index (χ0) is 18.0. The molecule has 1 N–H and O–H groups in total. The lowest BCUT2D eigenvalue weighted by Crippen LogP contribution is -2.40. The van der Waals surface area contributed by atoms with Gasteiger partial charge in [0.2, 0.25) is 5.91 Å². The number of fused-ring (bicyclic) bond motifs is 1. The summed E-state index contributed by atoms with van der Waals surface area (Å²) >= 11 is 0. The number of nitrogens with one attached hydrogen (secondary N) is 1. The molecule has 1 saturated heterocycles. The van der Waals surface area contributed by atoms with E-state index in [9.17, 15) is 9.59 Å². The fourth-order valence-electron chi connectivity index (χ4n) is 3.31. The van der Waals surface area contributed by atoms with E-state index in [1.54, 1.807) is 4.90 Å². The number of ether oxygens (including phenoxy) is 1. The van der Waals surface area contributed by atoms with Crippen LogP contribution in [0.15, 0.2) is 29.1 Å². The third kappa shape index (κ3) is 4.10. The largest absolute Gasteiger partial charge is 0.376 e. The van der Waals surface area contributed by atoms with Gasteiger partial charge in [-0.15, -0.1) is 0 Å². The number of aromatic amines is 1. The van der Waals surface area contributed by atoms with Crippen LogP contribution in [0.2, 0.25) is 0 Å². The Morgan fingerprint density at radius 2 is 2.16 bits per heavy atom. The summed E-state index contributed by atoms with van der Waals surface area (Å²) in [7, 11) is 0. The molecule has 0 unspecified atom stereocenters. The number of aryl methyl sites for hydroxylation is 1. The van der Waals surface area contributed by atoms with Crippen molar-refractivity contribution in [1.29, 1.82) is 0 Å². The van der Waals surface area contributed by atoms with E-state index >= 15 is 0 Å². The topological polar surface area (TPSA) is 62.4 Å². The highest BCUT2D eigenvalue weighted by molar-refractivity contribution is 5.80. The molecule has 134 valence electrons. The summed E-state index contributed by atoms with van der Waals surface area (Å²) in [4.78, 5) is 29.8. The molecule has 1 amide bonds. The van der Waals surface area contributed by atoms with E-state index in [4.69, 9.17) is 4.74 Å². The molecule has 5 heteroatoms. The van der Waals surface area contributed by atoms with Crippen molar-refractivity contribution in [2.24, 2.45) is 5.92 Å². The molecule has 0 bridgehead atoms. The Morgan fingerprint density at radius 1 is 1.36 bits per heavy atom. The van der Waals surface area contributed by atoms with Crippen molar-refractivity contribution < 1.29 is 9.53 Å². The highest BCUT2D eigenvalue weighted by Crippen LogP contribution is 2.18. The van der Waals surface area contributed by atoms with Gasteiger partial charge in [-0.05, 0) is 42.8 Å². The molecule has 3 rings (SSSR count). The van der Waals surface area contributed by atoms with Crippen LogP contribution in [-0.2, 0) is 16.1 Å². The minimum absolute atomic E-state index is 0.0545. The van der Waals surface area contributed by atoms with Gasteiger partial charge >= 0.3 is 0 Å². The number of hydrogen-bond acceptors (Lipinski definition) is 3. The maximum absolute atomic E-state index is 12.6. The van der Waals surface area contributed by atoms with Gasteiger partial charge in [-0.1, -0.05) is 26.0 Å². The molecule has 2 aromatic rings. The summed E-state index contributed by atoms with van der Waals surface area (Å²) in [6.45, 7) is 7.38. The highest BCUT2D eigenvalue weighted by atomic mass is 16.5. The average molecular weight is 342 g/mol. The second-order valence-electron chi connectivity index (χ2n) is 7.22. The van der Waals surface area contributed by atoms with Crippen molar-refractivity contribution in [3.05, 3.63) is 45.7 Å². The van der Waals surface area contributed by atoms with Gasteiger partial charge in [-0.25, -0.2) is 0 Å². The van der Waals surface area contributed by atoms with E-state index in [1.807, 2.05) is 45.0 Å². The Balaban J connectivity index is 1.88. The summed E-state index contributed by atoms with van der Waals surface area (Å²) in [6.07, 6.45) is 2.07. The van der Waals surface area contributed by atoms with Crippen LogP contribution in [0.3, 0.4) is 0 Å². The Kier molecular flexibility index (Phi) is 5.23. The molecular formula is C20H26N2O3. The fourth-order valence-corrected chi connectivity index (χ4v) is 3.31. The Hall–Kier alpha value is -2.14. The number of amides is 1. The molecule has 0 spiro atoms. The summed E-state index contributed by atoms with van der Waals surface area (Å²) in [5.41, 5.74) is 2.41. The second-order valence-corrected chi connectivity index (χ2v) is 7.22. The van der Waals surface area contributed by atoms with Crippen molar-refractivity contribution in [1.82, 2.24) is 9.88 Å². The van der Waals surface area contributed by atoms with Crippen molar-refractivity contribution in [3.8, 4) is 0 Å². The first-order valence-electron chi connectivity index (χ1n) is 8.97. The van der Waals surface area contributed by atoms with Gasteiger partial charge < -0.3 is 14.6 Å². The average Bonchev–Trinajstić information content (AvgIpc) is 3.07. The third-order valence-electron chi connectivity index (χ3n) is 4.69. The zero-order valence-corrected chi connectivity index (χ0v) is 15.2. The van der Waals surface area contributed by atoms with Crippen LogP contribution in [0.5, 0.6) is 0 Å². The van der Waals surface area contributed by atoms with E-state index in [2.05, 4.69) is 4.98 Å². The first-order valence-corrected chi connectivity index (χ1v) is 8.97. The number of aromatic nitrogens is 1. The standard InChI is InChI=1S/C20H26N2O3/c1-13(2)20(24)22(12-17-5-4-8-25-17)11-16-10-15-7-6-14(3)9-18(15)21-19(16)23/h6-7,9-10,13,17H,4-5,8,11-12H2,1-3H3,(H,21,23)/t17-/m1/s1. The number of carbonyl (C=O) groups excluding carboxylic acids is 1. The number of carbonyl (C=O) groups is 1. The number of benzene rings is 1. The van der Waals surface area contributed by atoms with Crippen molar-refractivity contribution in [2.75, 3.05) is 13.2 Å². The van der Waals surface area contributed by atoms with Gasteiger partial charge in [0.1, 0.15) is 0 Å². The van der Waals surface area contributed by atoms with E-state index in [1.165, 1.54) is 0 Å². The van der Waals surface area contributed by atoms with Crippen LogP contribution in [0, 0.1) is 12.8 Å². The zero-order valence-electron chi connectivity index (χ0n) is 15.2. The normalized spacial score (nSPS) is 17.4. The Bertz CT molecular complexity index is 819. The lowest BCUT2D eigenvalue weighted by Gasteiger charge is -2.27. The Morgan fingerprint density at radius 3 is 2.84 bits per heavy atom. The minimum atomic E-state index is -0.132. The number of nitrogens with zero attached hydrogens (tertiary/aromatic N) is 1. The fraction of sp³-hybridized carbons (Fsp3) is 0.500. The summed E-state index contributed by atoms with van der Waals surface area (Å²) in [5, 5.41) is 0.981. The molecule has 0 aliphatic carbocycles. The van der Waals surface area contributed by atoms with Crippen molar-refractivity contribution in [2.45, 2.75) is 46.3 Å². The molecule has 1 aliphatic rings. The molecule has 1 fully saturated rings. The van der Waals surface area contributed by atoms with Crippen LogP contribution in [0.1, 0.15) is 37.8 Å². The summed E-state index contributed by atoms with van der Waals surface area (Å²) in [6, 6.07) is 7.88. The monoisotopic (exact) mass is 342 g/mol. The van der Waals surface area contributed by atoms with Crippen LogP contribution in [-0.4, -0.2) is 35.0 Å². The van der Waals surface area contributed by atoms with Gasteiger partial charge in [0.15, 0.2) is 0 Å². The van der Waals surface area contributed by atoms with E-state index in [0.29, 0.717) is 18.7 Å². The van der Waals surface area contributed by atoms with Crippen molar-refractivity contribution >= 4 is 16.8 Å². The van der Waals surface area contributed by atoms with E-state index < -0.39 is 0 Å². The van der Waals surface area contributed by atoms with Crippen LogP contribution in [0.4, 0.5) is 0 Å². The van der Waals surface area contributed by atoms with Crippen LogP contribution >= 0.6 is 0 Å². The lowest BCUT2D eigenvalue weighted by molar-refractivity contribution is -0.136. The SMILES string of the molecule is Cc1ccc2cc(CN(C[C@H]3CCCO3)C(=O)C(C)C)c(=O)[nH]c2c1. The minimum Gasteiger partial charge on any atom is -0.376 e. The molecule has 2 heterocycles. The molecule has 0 saturated carbocycles. The quantitative estimate of drug-likeness (QED) is 0.908. The van der Waals surface area contributed by atoms with E-state index in [0.717, 1.165) is 35.9 Å². The third-order valence-corrected chi connectivity index (χ3v) is 4.69. The smallest absolute Gasteiger partial charge is 0.253 e. The molecule has 1 aromatic carbocycles. The second kappa shape index (κ2) is 7.40. The van der Waals surface area contributed by atoms with Gasteiger partial charge in [0.25, 0.3) is 5.56 Å². The number of hydrogen-bond donors (Lipinski definition) is 1. The predicted molar refractivity (Wildman–Crippen MR) is 98.5 cm³/mol. The number of H-pyrrole nitrogens is 1. The predicted octanol–water partition coefficient (Wildman–Crippen LogP) is 3.00. The number of pyridine rings is 1. The number of rotatable bonds is 5. The van der Waals surface area contributed by atoms with Crippen LogP contribution < -0.4 is 5.56 Å². The van der Waals surface area contributed by atoms with E-state index in [-0.39, 0.29) is 23.5 Å².